The van der Waals surface area contributed by atoms with E-state index in [0.29, 0.717) is 19.5 Å². The summed E-state index contributed by atoms with van der Waals surface area (Å²) in [5, 5.41) is 2.89. The summed E-state index contributed by atoms with van der Waals surface area (Å²) >= 11 is 0. The molecule has 4 nitrogen and oxygen atoms in total. The van der Waals surface area contributed by atoms with E-state index in [4.69, 9.17) is 5.73 Å². The average Bonchev–Trinajstić information content (AvgIpc) is 2.85. The van der Waals surface area contributed by atoms with E-state index in [2.05, 4.69) is 5.32 Å². The highest BCUT2D eigenvalue weighted by molar-refractivity contribution is 5.85. The smallest absolute Gasteiger partial charge is 0.224 e. The van der Waals surface area contributed by atoms with Gasteiger partial charge in [-0.1, -0.05) is 13.0 Å². The van der Waals surface area contributed by atoms with Gasteiger partial charge in [-0.3, -0.25) is 4.79 Å². The molecule has 1 saturated heterocycles. The van der Waals surface area contributed by atoms with Crippen molar-refractivity contribution < 1.29 is 13.6 Å². The number of nitrogens with zero attached hydrogens (tertiary/aromatic N) is 1. The van der Waals surface area contributed by atoms with Gasteiger partial charge < -0.3 is 16.0 Å². The first-order chi connectivity index (χ1) is 9.90. The van der Waals surface area contributed by atoms with Crippen molar-refractivity contribution in [2.24, 2.45) is 11.7 Å². The Balaban J connectivity index is 0.00000242. The van der Waals surface area contributed by atoms with Gasteiger partial charge in [0, 0.05) is 31.1 Å². The Morgan fingerprint density at radius 3 is 2.39 bits per heavy atom. The van der Waals surface area contributed by atoms with Gasteiger partial charge in [0.2, 0.25) is 5.91 Å². The van der Waals surface area contributed by atoms with Crippen molar-refractivity contribution in [1.29, 1.82) is 0 Å². The maximum atomic E-state index is 13.7. The highest BCUT2D eigenvalue weighted by Gasteiger charge is 2.29. The molecule has 1 aliphatic rings. The van der Waals surface area contributed by atoms with Crippen LogP contribution in [0.1, 0.15) is 20.3 Å². The number of carbonyl (C=O) groups is 1. The molecular formula is C15H23Cl2F2N3O. The maximum absolute atomic E-state index is 13.7. The molecule has 0 bridgehead atoms. The van der Waals surface area contributed by atoms with E-state index in [1.165, 1.54) is 18.2 Å². The van der Waals surface area contributed by atoms with E-state index in [9.17, 15) is 13.6 Å². The fraction of sp³-hybridized carbons (Fsp3) is 0.533. The molecular weight excluding hydrogens is 347 g/mol. The number of hydrogen-bond acceptors (Lipinski definition) is 3. The Morgan fingerprint density at radius 1 is 1.30 bits per heavy atom. The molecule has 3 unspecified atom stereocenters. The van der Waals surface area contributed by atoms with Gasteiger partial charge in [0.15, 0.2) is 0 Å². The van der Waals surface area contributed by atoms with E-state index in [1.54, 1.807) is 18.7 Å². The second-order valence-corrected chi connectivity index (χ2v) is 5.66. The van der Waals surface area contributed by atoms with E-state index >= 15 is 0 Å². The largest absolute Gasteiger partial charge is 0.365 e. The Hall–Kier alpha value is -1.11. The summed E-state index contributed by atoms with van der Waals surface area (Å²) in [7, 11) is 0. The fourth-order valence-electron chi connectivity index (χ4n) is 2.44. The third-order valence-electron chi connectivity index (χ3n) is 3.99. The quantitative estimate of drug-likeness (QED) is 0.856. The molecule has 3 atom stereocenters. The van der Waals surface area contributed by atoms with Gasteiger partial charge >= 0.3 is 0 Å². The van der Waals surface area contributed by atoms with Crippen molar-refractivity contribution in [2.45, 2.75) is 32.4 Å². The molecule has 1 aromatic carbocycles. The van der Waals surface area contributed by atoms with Gasteiger partial charge in [-0.15, -0.1) is 24.8 Å². The Bertz CT molecular complexity index is 511. The number of nitrogens with two attached hydrogens (primary N) is 1. The molecule has 0 aromatic heterocycles. The molecule has 0 aliphatic carbocycles. The highest BCUT2D eigenvalue weighted by atomic mass is 35.5. The van der Waals surface area contributed by atoms with Crippen LogP contribution in [0, 0.1) is 17.6 Å². The van der Waals surface area contributed by atoms with Crippen LogP contribution < -0.4 is 16.0 Å². The van der Waals surface area contributed by atoms with E-state index in [0.717, 1.165) is 0 Å². The number of rotatable bonds is 4. The molecule has 1 heterocycles. The summed E-state index contributed by atoms with van der Waals surface area (Å²) in [5.74, 6) is -1.56. The van der Waals surface area contributed by atoms with Gasteiger partial charge in [0.25, 0.3) is 0 Å². The third-order valence-corrected chi connectivity index (χ3v) is 3.99. The van der Waals surface area contributed by atoms with Crippen molar-refractivity contribution in [3.8, 4) is 0 Å². The summed E-state index contributed by atoms with van der Waals surface area (Å²) in [5.41, 5.74) is 5.68. The lowest BCUT2D eigenvalue weighted by Crippen LogP contribution is -2.44. The Labute approximate surface area is 147 Å². The van der Waals surface area contributed by atoms with E-state index in [-0.39, 0.29) is 54.4 Å². The lowest BCUT2D eigenvalue weighted by Gasteiger charge is -2.21. The topological polar surface area (TPSA) is 58.4 Å². The summed E-state index contributed by atoms with van der Waals surface area (Å²) < 4.78 is 27.5. The number of halogens is 4. The van der Waals surface area contributed by atoms with Crippen LogP contribution in [0.5, 0.6) is 0 Å². The number of amides is 1. The van der Waals surface area contributed by atoms with Gasteiger partial charge in [0.1, 0.15) is 17.3 Å². The summed E-state index contributed by atoms with van der Waals surface area (Å²) in [4.78, 5) is 13.6. The summed E-state index contributed by atoms with van der Waals surface area (Å²) in [6.45, 7) is 4.45. The molecule has 0 radical (unpaired) electrons. The Kier molecular flexibility index (Phi) is 8.80. The molecule has 8 heteroatoms. The lowest BCUT2D eigenvalue weighted by atomic mass is 10.0. The number of anilines is 1. The van der Waals surface area contributed by atoms with Crippen LogP contribution >= 0.6 is 24.8 Å². The predicted molar refractivity (Wildman–Crippen MR) is 92.4 cm³/mol. The SMILES string of the molecule is CC(N)C(C)C(=O)NC1CCN(c2c(F)cccc2F)C1.Cl.Cl. The monoisotopic (exact) mass is 369 g/mol. The molecule has 0 saturated carbocycles. The molecule has 1 amide bonds. The van der Waals surface area contributed by atoms with Crippen molar-refractivity contribution >= 4 is 36.4 Å². The van der Waals surface area contributed by atoms with Crippen LogP contribution in [0.4, 0.5) is 14.5 Å². The minimum Gasteiger partial charge on any atom is -0.365 e. The van der Waals surface area contributed by atoms with Gasteiger partial charge in [-0.2, -0.15) is 0 Å². The van der Waals surface area contributed by atoms with Gasteiger partial charge in [-0.05, 0) is 25.5 Å². The van der Waals surface area contributed by atoms with Crippen molar-refractivity contribution in [3.05, 3.63) is 29.8 Å². The zero-order valence-electron chi connectivity index (χ0n) is 13.1. The summed E-state index contributed by atoms with van der Waals surface area (Å²) in [6, 6.07) is 3.47. The number of para-hydroxylation sites is 1. The lowest BCUT2D eigenvalue weighted by molar-refractivity contribution is -0.125. The second kappa shape index (κ2) is 9.25. The molecule has 1 aromatic rings. The first kappa shape index (κ1) is 21.9. The third kappa shape index (κ3) is 5.19. The van der Waals surface area contributed by atoms with E-state index in [1.807, 2.05) is 0 Å². The van der Waals surface area contributed by atoms with Crippen LogP contribution in [0.3, 0.4) is 0 Å². The van der Waals surface area contributed by atoms with Crippen LogP contribution in [0.15, 0.2) is 18.2 Å². The normalized spacial score (nSPS) is 19.3. The molecule has 1 fully saturated rings. The maximum Gasteiger partial charge on any atom is 0.224 e. The van der Waals surface area contributed by atoms with Crippen molar-refractivity contribution in [1.82, 2.24) is 5.32 Å². The average molecular weight is 370 g/mol. The fourth-order valence-corrected chi connectivity index (χ4v) is 2.44. The molecule has 23 heavy (non-hydrogen) atoms. The second-order valence-electron chi connectivity index (χ2n) is 5.66. The minimum atomic E-state index is -0.578. The molecule has 3 N–H and O–H groups in total. The minimum absolute atomic E-state index is 0. The molecule has 2 rings (SSSR count). The number of benzene rings is 1. The standard InChI is InChI=1S/C15H21F2N3O.2ClH/c1-9(10(2)18)15(21)19-11-6-7-20(8-11)14-12(16)4-3-5-13(14)17;;/h3-5,9-11H,6-8,18H2,1-2H3,(H,19,21);2*1H. The number of carbonyl (C=O) groups excluding carboxylic acids is 1. The van der Waals surface area contributed by atoms with Crippen LogP contribution in [0.2, 0.25) is 0 Å². The van der Waals surface area contributed by atoms with Gasteiger partial charge in [-0.25, -0.2) is 8.78 Å². The van der Waals surface area contributed by atoms with Gasteiger partial charge in [0.05, 0.1) is 0 Å². The zero-order valence-corrected chi connectivity index (χ0v) is 14.7. The summed E-state index contributed by atoms with van der Waals surface area (Å²) in [6.07, 6.45) is 0.658. The zero-order chi connectivity index (χ0) is 15.6. The van der Waals surface area contributed by atoms with Crippen molar-refractivity contribution in [2.75, 3.05) is 18.0 Å². The molecule has 1 aliphatic heterocycles. The first-order valence-corrected chi connectivity index (χ1v) is 7.15. The molecule has 132 valence electrons. The number of nitrogens with one attached hydrogen (secondary N) is 1. The first-order valence-electron chi connectivity index (χ1n) is 7.15. The van der Waals surface area contributed by atoms with E-state index < -0.39 is 11.6 Å². The van der Waals surface area contributed by atoms with Crippen LogP contribution in [-0.2, 0) is 4.79 Å². The van der Waals surface area contributed by atoms with Crippen LogP contribution in [0.25, 0.3) is 0 Å². The van der Waals surface area contributed by atoms with Crippen molar-refractivity contribution in [3.63, 3.8) is 0 Å². The molecule has 0 spiro atoms. The predicted octanol–water partition coefficient (Wildman–Crippen LogP) is 2.49. The Morgan fingerprint density at radius 2 is 1.87 bits per heavy atom. The number of hydrogen-bond donors (Lipinski definition) is 2. The van der Waals surface area contributed by atoms with Crippen LogP contribution in [-0.4, -0.2) is 31.1 Å². The highest BCUT2D eigenvalue weighted by Crippen LogP contribution is 2.26.